The molecule has 1 amide bonds. The van der Waals surface area contributed by atoms with Gasteiger partial charge in [0, 0.05) is 10.2 Å². The van der Waals surface area contributed by atoms with E-state index in [9.17, 15) is 9.59 Å². The molecule has 0 radical (unpaired) electrons. The largest absolute Gasteiger partial charge is 0.452 e. The van der Waals surface area contributed by atoms with E-state index < -0.39 is 5.97 Å². The Kier molecular flexibility index (Phi) is 5.76. The minimum atomic E-state index is -0.633. The van der Waals surface area contributed by atoms with Gasteiger partial charge in [0.15, 0.2) is 6.61 Å². The number of ether oxygens (including phenoxy) is 1. The highest BCUT2D eigenvalue weighted by atomic mass is 79.9. The molecule has 0 aliphatic rings. The van der Waals surface area contributed by atoms with Crippen molar-refractivity contribution in [2.45, 2.75) is 13.0 Å². The maximum absolute atomic E-state index is 12.0. The van der Waals surface area contributed by atoms with Gasteiger partial charge < -0.3 is 15.8 Å². The zero-order valence-corrected chi connectivity index (χ0v) is 14.2. The van der Waals surface area contributed by atoms with Gasteiger partial charge in [-0.15, -0.1) is 0 Å². The zero-order valence-electron chi connectivity index (χ0n) is 12.6. The third-order valence-electron chi connectivity index (χ3n) is 3.25. The standard InChI is InChI=1S/C17H17BrN2O3/c1-11(12-5-3-2-4-6-12)20-16(21)10-23-17(22)14-9-13(18)7-8-15(14)19/h2-9,11H,10,19H2,1H3,(H,20,21)/t11-/m0/s1. The van der Waals surface area contributed by atoms with E-state index in [0.717, 1.165) is 5.56 Å². The van der Waals surface area contributed by atoms with E-state index in [1.54, 1.807) is 18.2 Å². The summed E-state index contributed by atoms with van der Waals surface area (Å²) in [5.41, 5.74) is 7.23. The monoisotopic (exact) mass is 376 g/mol. The Morgan fingerprint density at radius 3 is 2.61 bits per heavy atom. The number of esters is 1. The highest BCUT2D eigenvalue weighted by Gasteiger charge is 2.15. The number of hydrogen-bond acceptors (Lipinski definition) is 4. The number of nitrogens with one attached hydrogen (secondary N) is 1. The van der Waals surface area contributed by atoms with E-state index in [1.807, 2.05) is 37.3 Å². The highest BCUT2D eigenvalue weighted by molar-refractivity contribution is 9.10. The van der Waals surface area contributed by atoms with Gasteiger partial charge in [0.25, 0.3) is 5.91 Å². The van der Waals surface area contributed by atoms with E-state index in [2.05, 4.69) is 21.2 Å². The molecule has 0 saturated heterocycles. The summed E-state index contributed by atoms with van der Waals surface area (Å²) in [5.74, 6) is -1.01. The summed E-state index contributed by atoms with van der Waals surface area (Å²) in [6, 6.07) is 14.2. The molecule has 0 aliphatic heterocycles. The number of nitrogens with two attached hydrogens (primary N) is 1. The molecule has 2 aromatic carbocycles. The predicted molar refractivity (Wildman–Crippen MR) is 91.8 cm³/mol. The lowest BCUT2D eigenvalue weighted by Crippen LogP contribution is -2.31. The van der Waals surface area contributed by atoms with Crippen LogP contribution in [0.3, 0.4) is 0 Å². The quantitative estimate of drug-likeness (QED) is 0.620. The van der Waals surface area contributed by atoms with Crippen LogP contribution in [0.25, 0.3) is 0 Å². The van der Waals surface area contributed by atoms with E-state index in [-0.39, 0.29) is 24.1 Å². The molecule has 120 valence electrons. The van der Waals surface area contributed by atoms with Crippen LogP contribution in [-0.2, 0) is 9.53 Å². The average Bonchev–Trinajstić information content (AvgIpc) is 2.55. The molecular weight excluding hydrogens is 360 g/mol. The number of anilines is 1. The Balaban J connectivity index is 1.89. The van der Waals surface area contributed by atoms with Gasteiger partial charge in [-0.3, -0.25) is 4.79 Å². The second-order valence-corrected chi connectivity index (χ2v) is 5.92. The van der Waals surface area contributed by atoms with Crippen molar-refractivity contribution in [3.8, 4) is 0 Å². The van der Waals surface area contributed by atoms with E-state index in [4.69, 9.17) is 10.5 Å². The summed E-state index contributed by atoms with van der Waals surface area (Å²) < 4.78 is 5.72. The van der Waals surface area contributed by atoms with Gasteiger partial charge in [0.1, 0.15) is 0 Å². The molecule has 2 rings (SSSR count). The fourth-order valence-electron chi connectivity index (χ4n) is 2.02. The first-order chi connectivity index (χ1) is 11.0. The van der Waals surface area contributed by atoms with Crippen LogP contribution in [0.5, 0.6) is 0 Å². The van der Waals surface area contributed by atoms with Crippen molar-refractivity contribution in [1.82, 2.24) is 5.32 Å². The number of carbonyl (C=O) groups is 2. The van der Waals surface area contributed by atoms with Crippen molar-refractivity contribution in [1.29, 1.82) is 0 Å². The van der Waals surface area contributed by atoms with Gasteiger partial charge >= 0.3 is 5.97 Å². The lowest BCUT2D eigenvalue weighted by Gasteiger charge is -2.14. The van der Waals surface area contributed by atoms with Gasteiger partial charge in [0.2, 0.25) is 0 Å². The third kappa shape index (κ3) is 4.82. The first-order valence-electron chi connectivity index (χ1n) is 7.04. The summed E-state index contributed by atoms with van der Waals surface area (Å²) >= 11 is 3.26. The van der Waals surface area contributed by atoms with Crippen molar-refractivity contribution in [2.75, 3.05) is 12.3 Å². The van der Waals surface area contributed by atoms with Crippen molar-refractivity contribution in [3.05, 3.63) is 64.1 Å². The van der Waals surface area contributed by atoms with Crippen LogP contribution in [-0.4, -0.2) is 18.5 Å². The minimum absolute atomic E-state index is 0.168. The van der Waals surface area contributed by atoms with Gasteiger partial charge in [-0.1, -0.05) is 46.3 Å². The van der Waals surface area contributed by atoms with Crippen molar-refractivity contribution < 1.29 is 14.3 Å². The molecule has 0 aliphatic carbocycles. The summed E-state index contributed by atoms with van der Waals surface area (Å²) in [4.78, 5) is 23.9. The van der Waals surface area contributed by atoms with E-state index >= 15 is 0 Å². The van der Waals surface area contributed by atoms with E-state index in [1.165, 1.54) is 0 Å². The summed E-state index contributed by atoms with van der Waals surface area (Å²) in [7, 11) is 0. The number of rotatable bonds is 5. The molecule has 1 atom stereocenters. The van der Waals surface area contributed by atoms with Gasteiger partial charge in [-0.25, -0.2) is 4.79 Å². The summed E-state index contributed by atoms with van der Waals surface area (Å²) in [6.07, 6.45) is 0. The molecule has 0 unspecified atom stereocenters. The van der Waals surface area contributed by atoms with Crippen molar-refractivity contribution in [2.24, 2.45) is 0 Å². The number of nitrogen functional groups attached to an aromatic ring is 1. The van der Waals surface area contributed by atoms with Crippen LogP contribution in [0.15, 0.2) is 53.0 Å². The van der Waals surface area contributed by atoms with Gasteiger partial charge in [-0.2, -0.15) is 0 Å². The molecule has 2 aromatic rings. The second kappa shape index (κ2) is 7.78. The molecule has 3 N–H and O–H groups in total. The maximum atomic E-state index is 12.0. The molecule has 5 nitrogen and oxygen atoms in total. The lowest BCUT2D eigenvalue weighted by atomic mass is 10.1. The van der Waals surface area contributed by atoms with Crippen LogP contribution in [0.2, 0.25) is 0 Å². The minimum Gasteiger partial charge on any atom is -0.452 e. The van der Waals surface area contributed by atoms with Gasteiger partial charge in [-0.05, 0) is 30.7 Å². The molecule has 23 heavy (non-hydrogen) atoms. The van der Waals surface area contributed by atoms with Crippen LogP contribution >= 0.6 is 15.9 Å². The number of benzene rings is 2. The Hall–Kier alpha value is -2.34. The highest BCUT2D eigenvalue weighted by Crippen LogP contribution is 2.19. The Bertz CT molecular complexity index is 704. The molecule has 0 saturated carbocycles. The molecule has 0 heterocycles. The number of halogens is 1. The van der Waals surface area contributed by atoms with Crippen molar-refractivity contribution in [3.63, 3.8) is 0 Å². The van der Waals surface area contributed by atoms with Gasteiger partial charge in [0.05, 0.1) is 11.6 Å². The predicted octanol–water partition coefficient (Wildman–Crippen LogP) is 3.07. The normalized spacial score (nSPS) is 11.6. The number of carbonyl (C=O) groups excluding carboxylic acids is 2. The second-order valence-electron chi connectivity index (χ2n) is 5.01. The lowest BCUT2D eigenvalue weighted by molar-refractivity contribution is -0.124. The summed E-state index contributed by atoms with van der Waals surface area (Å²) in [5, 5.41) is 2.77. The number of hydrogen-bond donors (Lipinski definition) is 2. The molecule has 6 heteroatoms. The third-order valence-corrected chi connectivity index (χ3v) is 3.74. The molecular formula is C17H17BrN2O3. The van der Waals surface area contributed by atoms with Crippen LogP contribution in [0.1, 0.15) is 28.9 Å². The van der Waals surface area contributed by atoms with Crippen LogP contribution in [0, 0.1) is 0 Å². The van der Waals surface area contributed by atoms with E-state index in [0.29, 0.717) is 10.2 Å². The first kappa shape index (κ1) is 17.0. The smallest absolute Gasteiger partial charge is 0.340 e. The Morgan fingerprint density at radius 1 is 1.22 bits per heavy atom. The van der Waals surface area contributed by atoms with Crippen LogP contribution in [0.4, 0.5) is 5.69 Å². The number of amides is 1. The zero-order chi connectivity index (χ0) is 16.8. The molecule has 0 fully saturated rings. The Labute approximate surface area is 143 Å². The topological polar surface area (TPSA) is 81.4 Å². The molecule has 0 aromatic heterocycles. The van der Waals surface area contributed by atoms with Crippen molar-refractivity contribution >= 4 is 33.5 Å². The molecule has 0 spiro atoms. The fraction of sp³-hybridized carbons (Fsp3) is 0.176. The molecule has 0 bridgehead atoms. The average molecular weight is 377 g/mol. The van der Waals surface area contributed by atoms with Crippen LogP contribution < -0.4 is 11.1 Å². The summed E-state index contributed by atoms with van der Waals surface area (Å²) in [6.45, 7) is 1.50. The fourth-order valence-corrected chi connectivity index (χ4v) is 2.38. The maximum Gasteiger partial charge on any atom is 0.340 e. The Morgan fingerprint density at radius 2 is 1.91 bits per heavy atom. The SMILES string of the molecule is C[C@H](NC(=O)COC(=O)c1cc(Br)ccc1N)c1ccccc1. The first-order valence-corrected chi connectivity index (χ1v) is 7.83.